The smallest absolute Gasteiger partial charge is 0.363 e. The van der Waals surface area contributed by atoms with Gasteiger partial charge in [-0.15, -0.1) is 0 Å². The summed E-state index contributed by atoms with van der Waals surface area (Å²) in [4.78, 5) is 27.4. The first-order chi connectivity index (χ1) is 13.0. The number of esters is 2. The lowest BCUT2D eigenvalue weighted by molar-refractivity contribution is -0.145. The Kier molecular flexibility index (Phi) is 5.61. The van der Waals surface area contributed by atoms with Crippen molar-refractivity contribution in [2.24, 2.45) is 4.99 Å². The lowest BCUT2D eigenvalue weighted by Gasteiger charge is -2.05. The zero-order valence-electron chi connectivity index (χ0n) is 14.5. The highest BCUT2D eigenvalue weighted by Gasteiger charge is 2.24. The van der Waals surface area contributed by atoms with Crippen LogP contribution in [-0.2, 0) is 19.1 Å². The summed E-state index contributed by atoms with van der Waals surface area (Å²) in [5, 5.41) is 0. The minimum absolute atomic E-state index is 0.0557. The number of carbonyl (C=O) groups excluding carboxylic acids is 2. The molecule has 2 aromatic carbocycles. The fraction of sp³-hybridized carbons (Fsp3) is 0.150. The van der Waals surface area contributed by atoms with E-state index in [1.165, 1.54) is 18.2 Å². The summed E-state index contributed by atoms with van der Waals surface area (Å²) in [5.41, 5.74) is 1.18. The molecule has 7 heteroatoms. The Morgan fingerprint density at radius 3 is 2.70 bits per heavy atom. The van der Waals surface area contributed by atoms with Gasteiger partial charge in [0.1, 0.15) is 11.6 Å². The Hall–Kier alpha value is -3.48. The zero-order valence-corrected chi connectivity index (χ0v) is 14.5. The molecule has 27 heavy (non-hydrogen) atoms. The van der Waals surface area contributed by atoms with Gasteiger partial charge in [0.05, 0.1) is 6.61 Å². The highest BCUT2D eigenvalue weighted by atomic mass is 19.1. The molecule has 0 bridgehead atoms. The molecule has 1 aliphatic rings. The lowest BCUT2D eigenvalue weighted by Crippen LogP contribution is -2.14. The van der Waals surface area contributed by atoms with E-state index in [-0.39, 0.29) is 18.2 Å². The van der Waals surface area contributed by atoms with Gasteiger partial charge in [-0.2, -0.15) is 0 Å². The number of aliphatic imine (C=N–C) groups is 1. The Morgan fingerprint density at radius 2 is 2.00 bits per heavy atom. The first-order valence-electron chi connectivity index (χ1n) is 8.22. The van der Waals surface area contributed by atoms with E-state index in [0.29, 0.717) is 23.5 Å². The Bertz CT molecular complexity index is 918. The van der Waals surface area contributed by atoms with Crippen molar-refractivity contribution in [3.05, 3.63) is 71.2 Å². The topological polar surface area (TPSA) is 74.2 Å². The number of rotatable bonds is 6. The van der Waals surface area contributed by atoms with Crippen molar-refractivity contribution in [3.63, 3.8) is 0 Å². The van der Waals surface area contributed by atoms with Crippen LogP contribution in [0.3, 0.4) is 0 Å². The number of cyclic esters (lactones) is 1. The molecular formula is C20H16FNO5. The monoisotopic (exact) mass is 369 g/mol. The molecule has 0 atom stereocenters. The van der Waals surface area contributed by atoms with Crippen LogP contribution in [0, 0.1) is 5.82 Å². The fourth-order valence-corrected chi connectivity index (χ4v) is 2.32. The van der Waals surface area contributed by atoms with E-state index in [0.717, 1.165) is 0 Å². The van der Waals surface area contributed by atoms with Crippen molar-refractivity contribution >= 4 is 23.9 Å². The van der Waals surface area contributed by atoms with Crippen LogP contribution >= 0.6 is 0 Å². The number of benzene rings is 2. The van der Waals surface area contributed by atoms with Crippen molar-refractivity contribution < 1.29 is 28.2 Å². The van der Waals surface area contributed by atoms with E-state index in [4.69, 9.17) is 14.2 Å². The molecule has 0 spiro atoms. The summed E-state index contributed by atoms with van der Waals surface area (Å²) in [5.74, 6) is -0.959. The van der Waals surface area contributed by atoms with Crippen molar-refractivity contribution in [2.75, 3.05) is 13.2 Å². The molecule has 1 aliphatic heterocycles. The molecule has 0 unspecified atom stereocenters. The fourth-order valence-electron chi connectivity index (χ4n) is 2.32. The molecule has 3 rings (SSSR count). The quantitative estimate of drug-likeness (QED) is 0.578. The number of hydrogen-bond donors (Lipinski definition) is 0. The predicted molar refractivity (Wildman–Crippen MR) is 95.6 cm³/mol. The molecule has 2 aromatic rings. The summed E-state index contributed by atoms with van der Waals surface area (Å²) < 4.78 is 28.5. The first-order valence-corrected chi connectivity index (χ1v) is 8.22. The van der Waals surface area contributed by atoms with E-state index in [1.807, 2.05) is 0 Å². The summed E-state index contributed by atoms with van der Waals surface area (Å²) in [6.07, 6.45) is 1.55. The van der Waals surface area contributed by atoms with Gasteiger partial charge in [-0.1, -0.05) is 18.2 Å². The molecule has 1 heterocycles. The van der Waals surface area contributed by atoms with Gasteiger partial charge in [-0.3, -0.25) is 0 Å². The van der Waals surface area contributed by atoms with Gasteiger partial charge in [0.15, 0.2) is 12.3 Å². The minimum Gasteiger partial charge on any atom is -0.482 e. The van der Waals surface area contributed by atoms with Gasteiger partial charge < -0.3 is 14.2 Å². The lowest BCUT2D eigenvalue weighted by atomic mass is 10.2. The standard InChI is InChI=1S/C20H16FNO5/c1-2-25-18(23)12-26-16-8-6-13(7-9-16)10-17-20(24)27-19(22-17)14-4-3-5-15(21)11-14/h3-11H,2,12H2,1H3/b17-10-. The predicted octanol–water partition coefficient (Wildman–Crippen LogP) is 3.11. The molecule has 0 saturated heterocycles. The molecule has 0 aromatic heterocycles. The van der Waals surface area contributed by atoms with Crippen molar-refractivity contribution in [3.8, 4) is 5.75 Å². The van der Waals surface area contributed by atoms with Gasteiger partial charge >= 0.3 is 11.9 Å². The highest BCUT2D eigenvalue weighted by Crippen LogP contribution is 2.21. The first kappa shape index (κ1) is 18.3. The van der Waals surface area contributed by atoms with Crippen LogP contribution in [-0.4, -0.2) is 31.1 Å². The second kappa shape index (κ2) is 8.27. The number of hydrogen-bond acceptors (Lipinski definition) is 6. The maximum Gasteiger partial charge on any atom is 0.363 e. The maximum absolute atomic E-state index is 13.3. The van der Waals surface area contributed by atoms with Gasteiger partial charge in [0.25, 0.3) is 0 Å². The van der Waals surface area contributed by atoms with Crippen LogP contribution in [0.4, 0.5) is 4.39 Å². The molecular weight excluding hydrogens is 353 g/mol. The number of ether oxygens (including phenoxy) is 3. The van der Waals surface area contributed by atoms with Crippen molar-refractivity contribution in [1.29, 1.82) is 0 Å². The largest absolute Gasteiger partial charge is 0.482 e. The van der Waals surface area contributed by atoms with Crippen LogP contribution in [0.5, 0.6) is 5.75 Å². The van der Waals surface area contributed by atoms with E-state index in [9.17, 15) is 14.0 Å². The van der Waals surface area contributed by atoms with Gasteiger partial charge in [0, 0.05) is 5.56 Å². The van der Waals surface area contributed by atoms with Gasteiger partial charge in [-0.25, -0.2) is 19.0 Å². The number of halogens is 1. The molecule has 0 aliphatic carbocycles. The van der Waals surface area contributed by atoms with Gasteiger partial charge in [0.2, 0.25) is 5.90 Å². The normalized spacial score (nSPS) is 14.7. The molecule has 0 radical (unpaired) electrons. The van der Waals surface area contributed by atoms with Gasteiger partial charge in [-0.05, 0) is 48.9 Å². The highest BCUT2D eigenvalue weighted by molar-refractivity contribution is 6.12. The summed E-state index contributed by atoms with van der Waals surface area (Å²) in [7, 11) is 0. The number of nitrogens with zero attached hydrogens (tertiary/aromatic N) is 1. The molecule has 0 N–H and O–H groups in total. The van der Waals surface area contributed by atoms with Crippen LogP contribution in [0.1, 0.15) is 18.1 Å². The molecule has 0 fully saturated rings. The molecule has 0 saturated carbocycles. The average molecular weight is 369 g/mol. The third kappa shape index (κ3) is 4.78. The molecule has 138 valence electrons. The SMILES string of the molecule is CCOC(=O)COc1ccc(/C=C2\N=C(c3cccc(F)c3)OC2=O)cc1. The number of carbonyl (C=O) groups is 2. The third-order valence-electron chi connectivity index (χ3n) is 3.54. The van der Waals surface area contributed by atoms with E-state index >= 15 is 0 Å². The Balaban J connectivity index is 1.70. The molecule has 0 amide bonds. The zero-order chi connectivity index (χ0) is 19.2. The van der Waals surface area contributed by atoms with E-state index in [1.54, 1.807) is 43.3 Å². The van der Waals surface area contributed by atoms with E-state index < -0.39 is 17.8 Å². The van der Waals surface area contributed by atoms with Crippen molar-refractivity contribution in [2.45, 2.75) is 6.92 Å². The maximum atomic E-state index is 13.3. The van der Waals surface area contributed by atoms with Crippen LogP contribution < -0.4 is 4.74 Å². The summed E-state index contributed by atoms with van der Waals surface area (Å²) in [6, 6.07) is 12.4. The summed E-state index contributed by atoms with van der Waals surface area (Å²) in [6.45, 7) is 1.83. The van der Waals surface area contributed by atoms with Crippen LogP contribution in [0.2, 0.25) is 0 Å². The van der Waals surface area contributed by atoms with E-state index in [2.05, 4.69) is 4.99 Å². The minimum atomic E-state index is -0.614. The molecule has 6 nitrogen and oxygen atoms in total. The third-order valence-corrected chi connectivity index (χ3v) is 3.54. The average Bonchev–Trinajstić information content (AvgIpc) is 3.02. The second-order valence-electron chi connectivity index (χ2n) is 5.51. The summed E-state index contributed by atoms with van der Waals surface area (Å²) >= 11 is 0. The Labute approximate surface area is 154 Å². The van der Waals surface area contributed by atoms with Crippen LogP contribution in [0.25, 0.3) is 6.08 Å². The Morgan fingerprint density at radius 1 is 1.22 bits per heavy atom. The van der Waals surface area contributed by atoms with Crippen molar-refractivity contribution in [1.82, 2.24) is 0 Å². The second-order valence-corrected chi connectivity index (χ2v) is 5.51. The van der Waals surface area contributed by atoms with Crippen LogP contribution in [0.15, 0.2) is 59.2 Å².